The minimum absolute atomic E-state index is 0.0838. The lowest BCUT2D eigenvalue weighted by Crippen LogP contribution is -2.33. The van der Waals surface area contributed by atoms with Gasteiger partial charge in [-0.1, -0.05) is 18.2 Å². The molecule has 1 amide bonds. The monoisotopic (exact) mass is 394 g/mol. The summed E-state index contributed by atoms with van der Waals surface area (Å²) in [4.78, 5) is 23.2. The molecule has 0 N–H and O–H groups in total. The van der Waals surface area contributed by atoms with E-state index in [-0.39, 0.29) is 24.6 Å². The smallest absolute Gasteiger partial charge is 0.229 e. The number of carbonyl (C=O) groups is 1. The van der Waals surface area contributed by atoms with Crippen LogP contribution in [0, 0.1) is 17.1 Å². The molecule has 7 heteroatoms. The van der Waals surface area contributed by atoms with E-state index < -0.39 is 0 Å². The third-order valence-corrected chi connectivity index (χ3v) is 5.02. The van der Waals surface area contributed by atoms with Crippen molar-refractivity contribution < 1.29 is 9.18 Å². The Balaban J connectivity index is 1.63. The van der Waals surface area contributed by atoms with Crippen LogP contribution in [0.1, 0.15) is 28.4 Å². The fraction of sp³-hybridized carbons (Fsp3) is 0.238. The quantitative estimate of drug-likeness (QED) is 0.583. The zero-order valence-corrected chi connectivity index (χ0v) is 16.0. The van der Waals surface area contributed by atoms with E-state index in [0.29, 0.717) is 25.2 Å². The summed E-state index contributed by atoms with van der Waals surface area (Å²) in [7, 11) is 0. The highest BCUT2D eigenvalue weighted by molar-refractivity contribution is 7.09. The van der Waals surface area contributed by atoms with Crippen molar-refractivity contribution in [3.05, 3.63) is 81.8 Å². The highest BCUT2D eigenvalue weighted by Crippen LogP contribution is 2.16. The van der Waals surface area contributed by atoms with Gasteiger partial charge in [0.25, 0.3) is 0 Å². The Morgan fingerprint density at radius 1 is 1.18 bits per heavy atom. The van der Waals surface area contributed by atoms with Crippen molar-refractivity contribution in [2.75, 3.05) is 6.54 Å². The number of carbonyl (C=O) groups excluding carboxylic acids is 1. The standard InChI is InChI=1S/C21H19FN4OS/c22-17-7-5-16(6-8-17)12-20-25-19(15-28-20)13-21(27)26(11-3-9-23)14-18-4-1-2-10-24-18/h1-2,4-8,10,15H,3,11-14H2. The predicted molar refractivity (Wildman–Crippen MR) is 105 cm³/mol. The summed E-state index contributed by atoms with van der Waals surface area (Å²) < 4.78 is 13.0. The molecule has 0 aliphatic carbocycles. The van der Waals surface area contributed by atoms with Gasteiger partial charge in [-0.05, 0) is 29.8 Å². The van der Waals surface area contributed by atoms with Gasteiger partial charge in [0.15, 0.2) is 0 Å². The van der Waals surface area contributed by atoms with E-state index in [2.05, 4.69) is 16.0 Å². The number of aromatic nitrogens is 2. The lowest BCUT2D eigenvalue weighted by Gasteiger charge is -2.20. The Labute approximate surface area is 167 Å². The van der Waals surface area contributed by atoms with Gasteiger partial charge in [-0.15, -0.1) is 11.3 Å². The first-order valence-corrected chi connectivity index (χ1v) is 9.74. The van der Waals surface area contributed by atoms with Gasteiger partial charge in [-0.3, -0.25) is 9.78 Å². The number of rotatable bonds is 8. The maximum absolute atomic E-state index is 13.0. The molecule has 0 saturated heterocycles. The highest BCUT2D eigenvalue weighted by Gasteiger charge is 2.16. The second-order valence-corrected chi connectivity index (χ2v) is 7.20. The van der Waals surface area contributed by atoms with Crippen LogP contribution in [0.2, 0.25) is 0 Å². The third-order valence-electron chi connectivity index (χ3n) is 4.13. The van der Waals surface area contributed by atoms with Crippen LogP contribution >= 0.6 is 11.3 Å². The lowest BCUT2D eigenvalue weighted by atomic mass is 10.1. The Bertz CT molecular complexity index is 951. The number of thiazole rings is 1. The van der Waals surface area contributed by atoms with E-state index in [1.54, 1.807) is 23.2 Å². The summed E-state index contributed by atoms with van der Waals surface area (Å²) in [6.07, 6.45) is 2.74. The topological polar surface area (TPSA) is 69.9 Å². The zero-order valence-electron chi connectivity index (χ0n) is 15.2. The zero-order chi connectivity index (χ0) is 19.8. The molecule has 142 valence electrons. The maximum atomic E-state index is 13.0. The second-order valence-electron chi connectivity index (χ2n) is 6.26. The van der Waals surface area contributed by atoms with Crippen molar-refractivity contribution in [3.8, 4) is 6.07 Å². The number of pyridine rings is 1. The molecule has 0 spiro atoms. The van der Waals surface area contributed by atoms with Crippen LogP contribution in [-0.2, 0) is 24.2 Å². The van der Waals surface area contributed by atoms with Gasteiger partial charge in [0.2, 0.25) is 5.91 Å². The Morgan fingerprint density at radius 3 is 2.71 bits per heavy atom. The van der Waals surface area contributed by atoms with Crippen LogP contribution in [0.4, 0.5) is 4.39 Å². The number of nitriles is 1. The van der Waals surface area contributed by atoms with Gasteiger partial charge >= 0.3 is 0 Å². The van der Waals surface area contributed by atoms with E-state index in [1.165, 1.54) is 23.5 Å². The van der Waals surface area contributed by atoms with Crippen molar-refractivity contribution in [1.82, 2.24) is 14.9 Å². The summed E-state index contributed by atoms with van der Waals surface area (Å²) in [6, 6.07) is 14.0. The normalized spacial score (nSPS) is 10.4. The van der Waals surface area contributed by atoms with E-state index in [4.69, 9.17) is 5.26 Å². The van der Waals surface area contributed by atoms with Gasteiger partial charge in [-0.25, -0.2) is 9.37 Å². The molecule has 3 rings (SSSR count). The Kier molecular flexibility index (Phi) is 6.82. The number of hydrogen-bond donors (Lipinski definition) is 0. The number of halogens is 1. The fourth-order valence-electron chi connectivity index (χ4n) is 2.72. The molecule has 5 nitrogen and oxygen atoms in total. The number of nitrogens with zero attached hydrogens (tertiary/aromatic N) is 4. The molecule has 0 aliphatic heterocycles. The van der Waals surface area contributed by atoms with Crippen molar-refractivity contribution in [3.63, 3.8) is 0 Å². The minimum Gasteiger partial charge on any atom is -0.335 e. The molecular formula is C21H19FN4OS. The number of amides is 1. The maximum Gasteiger partial charge on any atom is 0.229 e. The van der Waals surface area contributed by atoms with Gasteiger partial charge in [0.1, 0.15) is 5.82 Å². The largest absolute Gasteiger partial charge is 0.335 e. The second kappa shape index (κ2) is 9.72. The molecule has 3 aromatic rings. The average Bonchev–Trinajstić information content (AvgIpc) is 3.14. The van der Waals surface area contributed by atoms with Crippen molar-refractivity contribution in [2.24, 2.45) is 0 Å². The Morgan fingerprint density at radius 2 is 2.00 bits per heavy atom. The lowest BCUT2D eigenvalue weighted by molar-refractivity contribution is -0.131. The SMILES string of the molecule is N#CCCN(Cc1ccccn1)C(=O)Cc1csc(Cc2ccc(F)cc2)n1. The van der Waals surface area contributed by atoms with E-state index in [0.717, 1.165) is 16.3 Å². The first-order chi connectivity index (χ1) is 13.6. The summed E-state index contributed by atoms with van der Waals surface area (Å²) in [5.74, 6) is -0.348. The molecule has 0 saturated carbocycles. The molecule has 0 radical (unpaired) electrons. The van der Waals surface area contributed by atoms with Crippen molar-refractivity contribution in [1.29, 1.82) is 5.26 Å². The van der Waals surface area contributed by atoms with Gasteiger partial charge in [0.05, 0.1) is 41.9 Å². The number of benzene rings is 1. The molecule has 0 unspecified atom stereocenters. The van der Waals surface area contributed by atoms with E-state index >= 15 is 0 Å². The Hall–Kier alpha value is -3.11. The molecule has 2 aromatic heterocycles. The van der Waals surface area contributed by atoms with Gasteiger partial charge < -0.3 is 4.90 Å². The molecular weight excluding hydrogens is 375 g/mol. The van der Waals surface area contributed by atoms with Crippen molar-refractivity contribution >= 4 is 17.2 Å². The molecule has 0 aliphatic rings. The summed E-state index contributed by atoms with van der Waals surface area (Å²) in [5.41, 5.74) is 2.46. The highest BCUT2D eigenvalue weighted by atomic mass is 32.1. The molecule has 0 atom stereocenters. The van der Waals surface area contributed by atoms with Gasteiger partial charge in [-0.2, -0.15) is 5.26 Å². The first kappa shape index (κ1) is 19.6. The van der Waals surface area contributed by atoms with Crippen LogP contribution in [0.15, 0.2) is 54.0 Å². The molecule has 2 heterocycles. The van der Waals surface area contributed by atoms with Crippen LogP contribution in [-0.4, -0.2) is 27.3 Å². The van der Waals surface area contributed by atoms with Crippen LogP contribution in [0.5, 0.6) is 0 Å². The first-order valence-electron chi connectivity index (χ1n) is 8.86. The van der Waals surface area contributed by atoms with Gasteiger partial charge in [0, 0.05) is 24.5 Å². The van der Waals surface area contributed by atoms with Crippen molar-refractivity contribution in [2.45, 2.75) is 25.8 Å². The fourth-order valence-corrected chi connectivity index (χ4v) is 3.55. The average molecular weight is 394 g/mol. The molecule has 0 fully saturated rings. The summed E-state index contributed by atoms with van der Waals surface area (Å²) in [5, 5.41) is 11.6. The predicted octanol–water partition coefficient (Wildman–Crippen LogP) is 3.75. The third kappa shape index (κ3) is 5.69. The van der Waals surface area contributed by atoms with Crippen LogP contribution in [0.3, 0.4) is 0 Å². The molecule has 1 aromatic carbocycles. The van der Waals surface area contributed by atoms with Crippen LogP contribution in [0.25, 0.3) is 0 Å². The van der Waals surface area contributed by atoms with E-state index in [1.807, 2.05) is 23.6 Å². The van der Waals surface area contributed by atoms with E-state index in [9.17, 15) is 9.18 Å². The summed E-state index contributed by atoms with van der Waals surface area (Å²) >= 11 is 1.48. The molecule has 28 heavy (non-hydrogen) atoms. The number of hydrogen-bond acceptors (Lipinski definition) is 5. The molecule has 0 bridgehead atoms. The summed E-state index contributed by atoms with van der Waals surface area (Å²) in [6.45, 7) is 0.729. The minimum atomic E-state index is -0.264. The van der Waals surface area contributed by atoms with Crippen LogP contribution < -0.4 is 0 Å².